The zero-order valence-electron chi connectivity index (χ0n) is 9.85. The lowest BCUT2D eigenvalue weighted by atomic mass is 10.3. The molecule has 1 atom stereocenters. The average molecular weight is 265 g/mol. The van der Waals surface area contributed by atoms with Gasteiger partial charge in [0.15, 0.2) is 0 Å². The second kappa shape index (κ2) is 11.2. The van der Waals surface area contributed by atoms with Crippen LogP contribution in [-0.4, -0.2) is 40.7 Å². The van der Waals surface area contributed by atoms with E-state index in [0.717, 1.165) is 6.08 Å². The van der Waals surface area contributed by atoms with E-state index >= 15 is 0 Å². The summed E-state index contributed by atoms with van der Waals surface area (Å²) in [5, 5.41) is 16.5. The van der Waals surface area contributed by atoms with Crippen LogP contribution in [0.5, 0.6) is 0 Å². The maximum atomic E-state index is 10.9. The van der Waals surface area contributed by atoms with Crippen LogP contribution in [-0.2, 0) is 14.3 Å². The van der Waals surface area contributed by atoms with Gasteiger partial charge in [-0.05, 0) is 13.8 Å². The van der Waals surface area contributed by atoms with Crippen LogP contribution in [0, 0.1) is 0 Å². The van der Waals surface area contributed by atoms with Gasteiger partial charge in [0.25, 0.3) is 0 Å². The molecule has 0 aliphatic carbocycles. The Morgan fingerprint density at radius 1 is 1.53 bits per heavy atom. The van der Waals surface area contributed by atoms with Gasteiger partial charge in [-0.15, -0.1) is 11.6 Å². The van der Waals surface area contributed by atoms with Gasteiger partial charge in [0.1, 0.15) is 12.7 Å². The number of carbonyl (C=O) groups is 2. The van der Waals surface area contributed by atoms with Crippen LogP contribution in [0.3, 0.4) is 0 Å². The summed E-state index contributed by atoms with van der Waals surface area (Å²) < 4.78 is 4.71. The number of carbonyl (C=O) groups excluding carboxylic acids is 1. The van der Waals surface area contributed by atoms with Gasteiger partial charge in [-0.3, -0.25) is 0 Å². The van der Waals surface area contributed by atoms with Crippen molar-refractivity contribution in [2.45, 2.75) is 20.0 Å². The van der Waals surface area contributed by atoms with Crippen molar-refractivity contribution < 1.29 is 24.5 Å². The highest BCUT2D eigenvalue weighted by Gasteiger charge is 2.08. The van der Waals surface area contributed by atoms with Crippen molar-refractivity contribution in [1.29, 1.82) is 0 Å². The average Bonchev–Trinajstić information content (AvgIpc) is 2.34. The molecule has 0 amide bonds. The van der Waals surface area contributed by atoms with Crippen molar-refractivity contribution >= 4 is 23.5 Å². The zero-order valence-corrected chi connectivity index (χ0v) is 10.6. The van der Waals surface area contributed by atoms with Crippen molar-refractivity contribution in [3.8, 4) is 0 Å². The molecular formula is C11H17ClO5. The predicted octanol–water partition coefficient (Wildman–Crippen LogP) is 1.35. The number of halogens is 1. The van der Waals surface area contributed by atoms with E-state index in [2.05, 4.69) is 6.58 Å². The highest BCUT2D eigenvalue weighted by molar-refractivity contribution is 6.18. The Morgan fingerprint density at radius 2 is 2.00 bits per heavy atom. The number of hydrogen-bond acceptors (Lipinski definition) is 4. The number of rotatable bonds is 5. The molecule has 6 heteroatoms. The summed E-state index contributed by atoms with van der Waals surface area (Å²) in [5.74, 6) is -1.33. The summed E-state index contributed by atoms with van der Waals surface area (Å²) in [5.41, 5.74) is 0.525. The molecule has 0 aliphatic rings. The molecule has 0 rings (SSSR count). The summed E-state index contributed by atoms with van der Waals surface area (Å²) in [6.45, 7) is 6.31. The molecule has 2 N–H and O–H groups in total. The van der Waals surface area contributed by atoms with Crippen LogP contribution < -0.4 is 0 Å². The SMILES string of the molecule is C=CC(=O)O.CC=C(C)C(=O)OCC(O)CCl. The van der Waals surface area contributed by atoms with Gasteiger partial charge in [-0.1, -0.05) is 12.7 Å². The summed E-state index contributed by atoms with van der Waals surface area (Å²) in [6.07, 6.45) is 1.70. The second-order valence-corrected chi connectivity index (χ2v) is 3.23. The summed E-state index contributed by atoms with van der Waals surface area (Å²) in [7, 11) is 0. The summed E-state index contributed by atoms with van der Waals surface area (Å²) in [4.78, 5) is 20.2. The first kappa shape index (κ1) is 18.0. The van der Waals surface area contributed by atoms with Crippen LogP contribution >= 0.6 is 11.6 Å². The highest BCUT2D eigenvalue weighted by atomic mass is 35.5. The first-order valence-electron chi connectivity index (χ1n) is 4.78. The molecule has 0 saturated carbocycles. The Bertz CT molecular complexity index is 286. The Morgan fingerprint density at radius 3 is 2.29 bits per heavy atom. The number of esters is 1. The number of aliphatic carboxylic acids is 1. The molecule has 0 saturated heterocycles. The molecule has 0 fully saturated rings. The number of hydrogen-bond donors (Lipinski definition) is 2. The minimum Gasteiger partial charge on any atom is -0.478 e. The lowest BCUT2D eigenvalue weighted by Gasteiger charge is -2.07. The molecule has 0 aliphatic heterocycles. The molecule has 98 valence electrons. The zero-order chi connectivity index (χ0) is 13.8. The van der Waals surface area contributed by atoms with E-state index in [1.807, 2.05) is 0 Å². The fourth-order valence-electron chi connectivity index (χ4n) is 0.448. The van der Waals surface area contributed by atoms with Gasteiger partial charge in [0.2, 0.25) is 0 Å². The minimum absolute atomic E-state index is 0.0481. The van der Waals surface area contributed by atoms with Crippen molar-refractivity contribution in [1.82, 2.24) is 0 Å². The number of carboxylic acid groups (broad SMARTS) is 1. The monoisotopic (exact) mass is 264 g/mol. The first-order valence-corrected chi connectivity index (χ1v) is 5.31. The van der Waals surface area contributed by atoms with Crippen molar-refractivity contribution in [2.24, 2.45) is 0 Å². The van der Waals surface area contributed by atoms with E-state index in [-0.39, 0.29) is 12.5 Å². The largest absolute Gasteiger partial charge is 0.478 e. The molecule has 0 aromatic rings. The molecule has 1 unspecified atom stereocenters. The van der Waals surface area contributed by atoms with Crippen molar-refractivity contribution in [2.75, 3.05) is 12.5 Å². The standard InChI is InChI=1S/C8H13ClO3.C3H4O2/c1-3-6(2)8(11)12-5-7(10)4-9;1-2-3(4)5/h3,7,10H,4-5H2,1-2H3;2H,1H2,(H,4,5). The fourth-order valence-corrected chi connectivity index (χ4v) is 0.537. The Hall–Kier alpha value is -1.33. The lowest BCUT2D eigenvalue weighted by Crippen LogP contribution is -2.20. The molecular weight excluding hydrogens is 248 g/mol. The third-order valence-electron chi connectivity index (χ3n) is 1.51. The summed E-state index contributed by atoms with van der Waals surface area (Å²) >= 11 is 5.29. The first-order chi connectivity index (χ1) is 7.88. The molecule has 0 aromatic heterocycles. The van der Waals surface area contributed by atoms with Crippen LogP contribution in [0.1, 0.15) is 13.8 Å². The van der Waals surface area contributed by atoms with Gasteiger partial charge < -0.3 is 14.9 Å². The number of alkyl halides is 1. The molecule has 0 bridgehead atoms. The topological polar surface area (TPSA) is 83.8 Å². The van der Waals surface area contributed by atoms with Gasteiger partial charge >= 0.3 is 11.9 Å². The van der Waals surface area contributed by atoms with Crippen molar-refractivity contribution in [3.63, 3.8) is 0 Å². The third-order valence-corrected chi connectivity index (χ3v) is 1.87. The lowest BCUT2D eigenvalue weighted by molar-refractivity contribution is -0.141. The van der Waals surface area contributed by atoms with E-state index in [4.69, 9.17) is 26.6 Å². The van der Waals surface area contributed by atoms with Gasteiger partial charge in [-0.25, -0.2) is 9.59 Å². The molecule has 0 heterocycles. The molecule has 17 heavy (non-hydrogen) atoms. The van der Waals surface area contributed by atoms with Gasteiger partial charge in [-0.2, -0.15) is 0 Å². The molecule has 0 spiro atoms. The Labute approximate surface area is 105 Å². The smallest absolute Gasteiger partial charge is 0.333 e. The maximum Gasteiger partial charge on any atom is 0.333 e. The fraction of sp³-hybridized carbons (Fsp3) is 0.455. The van der Waals surface area contributed by atoms with Crippen LogP contribution in [0.4, 0.5) is 0 Å². The van der Waals surface area contributed by atoms with Crippen LogP contribution in [0.25, 0.3) is 0 Å². The van der Waals surface area contributed by atoms with E-state index in [9.17, 15) is 9.59 Å². The van der Waals surface area contributed by atoms with Crippen LogP contribution in [0.15, 0.2) is 24.3 Å². The third kappa shape index (κ3) is 12.6. The van der Waals surface area contributed by atoms with E-state index in [0.29, 0.717) is 5.57 Å². The predicted molar refractivity (Wildman–Crippen MR) is 64.9 cm³/mol. The number of allylic oxidation sites excluding steroid dienone is 1. The van der Waals surface area contributed by atoms with Gasteiger partial charge in [0, 0.05) is 11.6 Å². The van der Waals surface area contributed by atoms with E-state index in [1.54, 1.807) is 19.9 Å². The maximum absolute atomic E-state index is 10.9. The minimum atomic E-state index is -0.981. The number of aliphatic hydroxyl groups is 1. The number of carboxylic acids is 1. The number of aliphatic hydroxyl groups excluding tert-OH is 1. The Kier molecular flexibility index (Phi) is 11.9. The second-order valence-electron chi connectivity index (χ2n) is 2.92. The van der Waals surface area contributed by atoms with Crippen LogP contribution in [0.2, 0.25) is 0 Å². The van der Waals surface area contributed by atoms with E-state index < -0.39 is 18.0 Å². The normalized spacial score (nSPS) is 11.9. The molecule has 0 radical (unpaired) electrons. The molecule has 5 nitrogen and oxygen atoms in total. The number of ether oxygens (including phenoxy) is 1. The van der Waals surface area contributed by atoms with Gasteiger partial charge in [0.05, 0.1) is 5.88 Å². The summed E-state index contributed by atoms with van der Waals surface area (Å²) in [6, 6.07) is 0. The highest BCUT2D eigenvalue weighted by Crippen LogP contribution is 1.97. The Balaban J connectivity index is 0. The molecule has 0 aromatic carbocycles. The van der Waals surface area contributed by atoms with E-state index in [1.165, 1.54) is 0 Å². The van der Waals surface area contributed by atoms with Crippen molar-refractivity contribution in [3.05, 3.63) is 24.3 Å². The quantitative estimate of drug-likeness (QED) is 0.445.